The van der Waals surface area contributed by atoms with Crippen LogP contribution in [0.15, 0.2) is 18.2 Å². The van der Waals surface area contributed by atoms with Crippen molar-refractivity contribution in [1.29, 1.82) is 0 Å². The van der Waals surface area contributed by atoms with E-state index in [1.807, 2.05) is 6.92 Å². The second-order valence-corrected chi connectivity index (χ2v) is 6.00. The topological polar surface area (TPSA) is 20.3 Å². The van der Waals surface area contributed by atoms with E-state index in [-0.39, 0.29) is 11.6 Å². The lowest BCUT2D eigenvalue weighted by Gasteiger charge is -2.36. The minimum atomic E-state index is -4.64. The van der Waals surface area contributed by atoms with Crippen molar-refractivity contribution in [1.82, 2.24) is 4.90 Å². The van der Waals surface area contributed by atoms with Gasteiger partial charge in [0.2, 0.25) is 0 Å². The summed E-state index contributed by atoms with van der Waals surface area (Å²) in [4.78, 5) is 14.3. The van der Waals surface area contributed by atoms with Crippen molar-refractivity contribution in [2.24, 2.45) is 0 Å². The Balaban J connectivity index is 2.38. The van der Waals surface area contributed by atoms with Crippen LogP contribution in [-0.2, 0) is 6.18 Å². The van der Waals surface area contributed by atoms with Gasteiger partial charge >= 0.3 is 6.18 Å². The van der Waals surface area contributed by atoms with E-state index in [1.165, 1.54) is 18.2 Å². The van der Waals surface area contributed by atoms with Crippen LogP contribution in [0.4, 0.5) is 13.2 Å². The molecule has 1 fully saturated rings. The number of carbonyl (C=O) groups excluding carboxylic acids is 1. The fraction of sp³-hybridized carbons (Fsp3) is 0.562. The van der Waals surface area contributed by atoms with Gasteiger partial charge in [0.15, 0.2) is 0 Å². The maximum Gasteiger partial charge on any atom is 0.418 e. The molecule has 0 aromatic heterocycles. The molecule has 1 amide bonds. The highest BCUT2D eigenvalue weighted by molar-refractivity contribution is 6.32. The molecule has 1 heterocycles. The van der Waals surface area contributed by atoms with Crippen molar-refractivity contribution in [3.63, 3.8) is 0 Å². The van der Waals surface area contributed by atoms with Crippen LogP contribution in [-0.4, -0.2) is 23.4 Å². The molecular weight excluding hydrogens is 315 g/mol. The lowest BCUT2D eigenvalue weighted by Crippen LogP contribution is -2.44. The lowest BCUT2D eigenvalue weighted by atomic mass is 9.96. The van der Waals surface area contributed by atoms with E-state index < -0.39 is 22.7 Å². The Morgan fingerprint density at radius 3 is 2.73 bits per heavy atom. The van der Waals surface area contributed by atoms with Crippen LogP contribution < -0.4 is 0 Å². The lowest BCUT2D eigenvalue weighted by molar-refractivity contribution is -0.137. The zero-order chi connectivity index (χ0) is 16.3. The van der Waals surface area contributed by atoms with Crippen LogP contribution in [0.25, 0.3) is 0 Å². The Morgan fingerprint density at radius 1 is 1.36 bits per heavy atom. The van der Waals surface area contributed by atoms with Crippen LogP contribution in [0.3, 0.4) is 0 Å². The molecule has 1 atom stereocenters. The Bertz CT molecular complexity index is 543. The van der Waals surface area contributed by atoms with Crippen LogP contribution in [0, 0.1) is 0 Å². The van der Waals surface area contributed by atoms with E-state index in [9.17, 15) is 18.0 Å². The molecule has 6 heteroatoms. The molecule has 0 spiro atoms. The molecule has 1 aromatic rings. The largest absolute Gasteiger partial charge is 0.418 e. The number of amides is 1. The standard InChI is InChI=1S/C16H19ClF3NO/c1-2-6-11-7-3-4-10-21(11)15(22)12-8-5-9-13(17)14(12)16(18,19)20/h5,8-9,11H,2-4,6-7,10H2,1H3/t11-/m1/s1. The third-order valence-electron chi connectivity index (χ3n) is 4.04. The number of halogens is 4. The van der Waals surface area contributed by atoms with Crippen LogP contribution in [0.1, 0.15) is 54.9 Å². The minimum absolute atomic E-state index is 0.0197. The molecule has 0 N–H and O–H groups in total. The average molecular weight is 334 g/mol. The van der Waals surface area contributed by atoms with E-state index in [1.54, 1.807) is 4.90 Å². The van der Waals surface area contributed by atoms with E-state index >= 15 is 0 Å². The maximum atomic E-state index is 13.2. The quantitative estimate of drug-likeness (QED) is 0.748. The average Bonchev–Trinajstić information content (AvgIpc) is 2.46. The van der Waals surface area contributed by atoms with Crippen molar-refractivity contribution in [2.75, 3.05) is 6.54 Å². The van der Waals surface area contributed by atoms with Crippen molar-refractivity contribution in [3.05, 3.63) is 34.3 Å². The summed E-state index contributed by atoms with van der Waals surface area (Å²) in [6.45, 7) is 2.52. The number of alkyl halides is 3. The smallest absolute Gasteiger partial charge is 0.336 e. The number of hydrogen-bond donors (Lipinski definition) is 0. The summed E-state index contributed by atoms with van der Waals surface area (Å²) in [6, 6.07) is 3.80. The molecule has 0 bridgehead atoms. The zero-order valence-electron chi connectivity index (χ0n) is 12.4. The van der Waals surface area contributed by atoms with E-state index in [2.05, 4.69) is 0 Å². The summed E-state index contributed by atoms with van der Waals surface area (Å²) in [5, 5.41) is -0.428. The first-order valence-electron chi connectivity index (χ1n) is 7.53. The SMILES string of the molecule is CCC[C@@H]1CCCCN1C(=O)c1cccc(Cl)c1C(F)(F)F. The highest BCUT2D eigenvalue weighted by Crippen LogP contribution is 2.38. The first-order chi connectivity index (χ1) is 10.4. The second kappa shape index (κ2) is 6.90. The first kappa shape index (κ1) is 17.1. The molecule has 22 heavy (non-hydrogen) atoms. The Morgan fingerprint density at radius 2 is 2.09 bits per heavy atom. The van der Waals surface area contributed by atoms with E-state index in [4.69, 9.17) is 11.6 Å². The Kier molecular flexibility index (Phi) is 5.37. The Labute approximate surface area is 133 Å². The number of hydrogen-bond acceptors (Lipinski definition) is 1. The van der Waals surface area contributed by atoms with Gasteiger partial charge in [-0.1, -0.05) is 31.0 Å². The van der Waals surface area contributed by atoms with Gasteiger partial charge in [0.05, 0.1) is 16.1 Å². The third kappa shape index (κ3) is 3.57. The summed E-state index contributed by atoms with van der Waals surface area (Å²) >= 11 is 5.70. The van der Waals surface area contributed by atoms with Crippen LogP contribution in [0.5, 0.6) is 0 Å². The summed E-state index contributed by atoms with van der Waals surface area (Å²) in [6.07, 6.45) is -0.241. The van der Waals surface area contributed by atoms with Gasteiger partial charge in [-0.2, -0.15) is 13.2 Å². The summed E-state index contributed by atoms with van der Waals surface area (Å²) in [7, 11) is 0. The van der Waals surface area contributed by atoms with Crippen molar-refractivity contribution in [2.45, 2.75) is 51.2 Å². The van der Waals surface area contributed by atoms with Gasteiger partial charge in [-0.05, 0) is 37.8 Å². The van der Waals surface area contributed by atoms with Gasteiger partial charge in [-0.3, -0.25) is 4.79 Å². The number of rotatable bonds is 3. The van der Waals surface area contributed by atoms with Crippen LogP contribution in [0.2, 0.25) is 5.02 Å². The van der Waals surface area contributed by atoms with Crippen LogP contribution >= 0.6 is 11.6 Å². The molecule has 2 nitrogen and oxygen atoms in total. The summed E-state index contributed by atoms with van der Waals surface area (Å²) in [5.41, 5.74) is -1.37. The normalized spacial score (nSPS) is 19.3. The van der Waals surface area contributed by atoms with Gasteiger partial charge in [-0.15, -0.1) is 0 Å². The first-order valence-corrected chi connectivity index (χ1v) is 7.90. The van der Waals surface area contributed by atoms with Crippen molar-refractivity contribution >= 4 is 17.5 Å². The molecular formula is C16H19ClF3NO. The predicted molar refractivity (Wildman–Crippen MR) is 80.0 cm³/mol. The molecule has 1 aliphatic rings. The molecule has 122 valence electrons. The summed E-state index contributed by atoms with van der Waals surface area (Å²) in [5.74, 6) is -0.562. The molecule has 0 saturated carbocycles. The zero-order valence-corrected chi connectivity index (χ0v) is 13.2. The highest BCUT2D eigenvalue weighted by atomic mass is 35.5. The molecule has 1 aliphatic heterocycles. The van der Waals surface area contributed by atoms with Crippen molar-refractivity contribution in [3.8, 4) is 0 Å². The van der Waals surface area contributed by atoms with E-state index in [0.29, 0.717) is 6.54 Å². The monoisotopic (exact) mass is 333 g/mol. The molecule has 0 aliphatic carbocycles. The number of benzene rings is 1. The third-order valence-corrected chi connectivity index (χ3v) is 4.35. The van der Waals surface area contributed by atoms with Gasteiger partial charge in [-0.25, -0.2) is 0 Å². The summed E-state index contributed by atoms with van der Waals surface area (Å²) < 4.78 is 39.7. The number of carbonyl (C=O) groups is 1. The molecule has 2 rings (SSSR count). The van der Waals surface area contributed by atoms with Gasteiger partial charge in [0.1, 0.15) is 0 Å². The van der Waals surface area contributed by atoms with Gasteiger partial charge in [0, 0.05) is 12.6 Å². The maximum absolute atomic E-state index is 13.2. The molecule has 0 radical (unpaired) electrons. The fourth-order valence-electron chi connectivity index (χ4n) is 3.05. The second-order valence-electron chi connectivity index (χ2n) is 5.60. The molecule has 1 aromatic carbocycles. The van der Waals surface area contributed by atoms with E-state index in [0.717, 1.165) is 32.1 Å². The number of piperidine rings is 1. The fourth-order valence-corrected chi connectivity index (χ4v) is 3.33. The Hall–Kier alpha value is -1.23. The number of nitrogens with zero attached hydrogens (tertiary/aromatic N) is 1. The number of likely N-dealkylation sites (tertiary alicyclic amines) is 1. The van der Waals surface area contributed by atoms with Gasteiger partial charge in [0.25, 0.3) is 5.91 Å². The molecule has 1 saturated heterocycles. The highest BCUT2D eigenvalue weighted by Gasteiger charge is 2.39. The minimum Gasteiger partial charge on any atom is -0.336 e. The van der Waals surface area contributed by atoms with Crippen molar-refractivity contribution < 1.29 is 18.0 Å². The van der Waals surface area contributed by atoms with Gasteiger partial charge < -0.3 is 4.90 Å². The molecule has 0 unspecified atom stereocenters. The predicted octanol–water partition coefficient (Wildman–Crippen LogP) is 5.15.